The Kier molecular flexibility index (Phi) is 4.63. The van der Waals surface area contributed by atoms with Gasteiger partial charge in [-0.2, -0.15) is 5.26 Å². The lowest BCUT2D eigenvalue weighted by Gasteiger charge is -2.07. The molecule has 0 unspecified atom stereocenters. The van der Waals surface area contributed by atoms with E-state index in [-0.39, 0.29) is 27.9 Å². The van der Waals surface area contributed by atoms with Crippen LogP contribution in [0.25, 0.3) is 0 Å². The monoisotopic (exact) mass is 325 g/mol. The predicted molar refractivity (Wildman–Crippen MR) is 76.1 cm³/mol. The molecule has 1 heterocycles. The minimum absolute atomic E-state index is 0.0446. The van der Waals surface area contributed by atoms with Gasteiger partial charge in [0.1, 0.15) is 10.7 Å². The lowest BCUT2D eigenvalue weighted by atomic mass is 10.2. The van der Waals surface area contributed by atoms with Crippen LogP contribution in [0.3, 0.4) is 0 Å². The van der Waals surface area contributed by atoms with E-state index in [1.54, 1.807) is 6.20 Å². The van der Waals surface area contributed by atoms with Crippen LogP contribution in [0.1, 0.15) is 24.1 Å². The van der Waals surface area contributed by atoms with E-state index in [1.165, 1.54) is 18.2 Å². The molecule has 0 aliphatic rings. The van der Waals surface area contributed by atoms with E-state index in [1.807, 2.05) is 13.0 Å². The van der Waals surface area contributed by atoms with E-state index < -0.39 is 10.0 Å². The number of benzene rings is 1. The number of oxazole rings is 1. The Hall–Kier alpha value is -1.88. The summed E-state index contributed by atoms with van der Waals surface area (Å²) in [5, 5.41) is 8.87. The number of hydrogen-bond donors (Lipinski definition) is 1. The molecule has 0 spiro atoms. The highest BCUT2D eigenvalue weighted by atomic mass is 35.5. The Morgan fingerprint density at radius 2 is 2.24 bits per heavy atom. The molecule has 110 valence electrons. The molecular formula is C13H12ClN3O3S. The van der Waals surface area contributed by atoms with Crippen LogP contribution >= 0.6 is 11.6 Å². The number of nitriles is 1. The molecule has 0 atom stereocenters. The van der Waals surface area contributed by atoms with Gasteiger partial charge >= 0.3 is 0 Å². The second kappa shape index (κ2) is 6.26. The van der Waals surface area contributed by atoms with E-state index in [4.69, 9.17) is 21.3 Å². The van der Waals surface area contributed by atoms with Crippen LogP contribution in [-0.2, 0) is 23.0 Å². The molecule has 1 N–H and O–H groups in total. The second-order valence-corrected chi connectivity index (χ2v) is 6.30. The van der Waals surface area contributed by atoms with Crippen LogP contribution in [0.5, 0.6) is 0 Å². The summed E-state index contributed by atoms with van der Waals surface area (Å²) in [4.78, 5) is 3.81. The van der Waals surface area contributed by atoms with Crippen molar-refractivity contribution in [1.29, 1.82) is 5.26 Å². The van der Waals surface area contributed by atoms with Crippen molar-refractivity contribution in [2.75, 3.05) is 0 Å². The maximum Gasteiger partial charge on any atom is 0.242 e. The van der Waals surface area contributed by atoms with Crippen LogP contribution in [0.4, 0.5) is 0 Å². The Bertz CT molecular complexity index is 793. The Balaban J connectivity index is 2.20. The summed E-state index contributed by atoms with van der Waals surface area (Å²) in [5.74, 6) is 0.941. The zero-order valence-corrected chi connectivity index (χ0v) is 12.7. The fourth-order valence-corrected chi connectivity index (χ4v) is 3.10. The highest BCUT2D eigenvalue weighted by molar-refractivity contribution is 7.89. The third-order valence-corrected chi connectivity index (χ3v) is 4.60. The van der Waals surface area contributed by atoms with E-state index >= 15 is 0 Å². The van der Waals surface area contributed by atoms with Gasteiger partial charge in [-0.25, -0.2) is 18.1 Å². The van der Waals surface area contributed by atoms with Crippen LogP contribution in [-0.4, -0.2) is 13.4 Å². The molecule has 1 aromatic carbocycles. The fourth-order valence-electron chi connectivity index (χ4n) is 1.61. The number of aryl methyl sites for hydroxylation is 1. The first kappa shape index (κ1) is 15.5. The van der Waals surface area contributed by atoms with Crippen molar-refractivity contribution in [2.24, 2.45) is 0 Å². The highest BCUT2D eigenvalue weighted by Crippen LogP contribution is 2.22. The molecule has 0 amide bonds. The molecule has 1 aromatic heterocycles. The first-order valence-corrected chi connectivity index (χ1v) is 7.95. The second-order valence-electron chi connectivity index (χ2n) is 4.16. The van der Waals surface area contributed by atoms with Gasteiger partial charge in [-0.3, -0.25) is 0 Å². The lowest BCUT2D eigenvalue weighted by molar-refractivity contribution is 0.452. The third-order valence-electron chi connectivity index (χ3n) is 2.71. The zero-order chi connectivity index (χ0) is 15.5. The number of nitrogens with zero attached hydrogens (tertiary/aromatic N) is 2. The van der Waals surface area contributed by atoms with Crippen LogP contribution in [0.2, 0.25) is 5.02 Å². The number of halogens is 1. The summed E-state index contributed by atoms with van der Waals surface area (Å²) in [5.41, 5.74) is 0.212. The van der Waals surface area contributed by atoms with Crippen LogP contribution in [0.15, 0.2) is 33.7 Å². The van der Waals surface area contributed by atoms with E-state index in [2.05, 4.69) is 9.71 Å². The molecule has 8 heteroatoms. The van der Waals surface area contributed by atoms with Gasteiger partial charge in [-0.05, 0) is 18.2 Å². The predicted octanol–water partition coefficient (Wildman–Crippen LogP) is 2.24. The molecule has 6 nitrogen and oxygen atoms in total. The van der Waals surface area contributed by atoms with Gasteiger partial charge in [0, 0.05) is 6.42 Å². The average Bonchev–Trinajstić information content (AvgIpc) is 2.94. The van der Waals surface area contributed by atoms with Crippen molar-refractivity contribution < 1.29 is 12.8 Å². The molecule has 2 rings (SSSR count). The molecule has 0 aliphatic carbocycles. The van der Waals surface area contributed by atoms with Crippen LogP contribution < -0.4 is 4.72 Å². The average molecular weight is 326 g/mol. The smallest absolute Gasteiger partial charge is 0.242 e. The maximum atomic E-state index is 12.2. The van der Waals surface area contributed by atoms with Gasteiger partial charge in [0.15, 0.2) is 0 Å². The topological polar surface area (TPSA) is 96.0 Å². The van der Waals surface area contributed by atoms with E-state index in [9.17, 15) is 8.42 Å². The molecule has 0 radical (unpaired) electrons. The van der Waals surface area contributed by atoms with Gasteiger partial charge in [0.05, 0.1) is 29.4 Å². The van der Waals surface area contributed by atoms with Crippen molar-refractivity contribution in [2.45, 2.75) is 24.8 Å². The first-order chi connectivity index (χ1) is 9.96. The lowest BCUT2D eigenvalue weighted by Crippen LogP contribution is -2.23. The number of rotatable bonds is 5. The summed E-state index contributed by atoms with van der Waals surface area (Å²) in [7, 11) is -3.85. The van der Waals surface area contributed by atoms with Gasteiger partial charge < -0.3 is 4.42 Å². The van der Waals surface area contributed by atoms with Crippen molar-refractivity contribution in [3.63, 3.8) is 0 Å². The van der Waals surface area contributed by atoms with Crippen molar-refractivity contribution in [3.05, 3.63) is 46.6 Å². The van der Waals surface area contributed by atoms with Crippen LogP contribution in [0, 0.1) is 11.3 Å². The zero-order valence-electron chi connectivity index (χ0n) is 11.1. The molecule has 0 aliphatic heterocycles. The molecule has 0 fully saturated rings. The minimum atomic E-state index is -3.85. The summed E-state index contributed by atoms with van der Waals surface area (Å²) in [6, 6.07) is 5.91. The molecule has 21 heavy (non-hydrogen) atoms. The van der Waals surface area contributed by atoms with E-state index in [0.29, 0.717) is 12.2 Å². The summed E-state index contributed by atoms with van der Waals surface area (Å²) >= 11 is 5.88. The van der Waals surface area contributed by atoms with Crippen molar-refractivity contribution >= 4 is 21.6 Å². The standard InChI is InChI=1S/C13H12ClN3O3S/c1-2-10-7-16-13(20-10)8-17-21(18,19)12-5-9(6-15)3-4-11(12)14/h3-5,7,17H,2,8H2,1H3. The maximum absolute atomic E-state index is 12.2. The molecule has 0 saturated heterocycles. The third kappa shape index (κ3) is 3.61. The fraction of sp³-hybridized carbons (Fsp3) is 0.231. The highest BCUT2D eigenvalue weighted by Gasteiger charge is 2.19. The number of hydrogen-bond acceptors (Lipinski definition) is 5. The van der Waals surface area contributed by atoms with Crippen molar-refractivity contribution in [1.82, 2.24) is 9.71 Å². The van der Waals surface area contributed by atoms with Gasteiger partial charge in [0.25, 0.3) is 0 Å². The van der Waals surface area contributed by atoms with Gasteiger partial charge in [-0.15, -0.1) is 0 Å². The SMILES string of the molecule is CCc1cnc(CNS(=O)(=O)c2cc(C#N)ccc2Cl)o1. The number of nitrogens with one attached hydrogen (secondary N) is 1. The Morgan fingerprint density at radius 3 is 2.86 bits per heavy atom. The summed E-state index contributed by atoms with van der Waals surface area (Å²) < 4.78 is 32.1. The summed E-state index contributed by atoms with van der Waals surface area (Å²) in [6.07, 6.45) is 2.22. The van der Waals surface area contributed by atoms with E-state index in [0.717, 1.165) is 0 Å². The first-order valence-electron chi connectivity index (χ1n) is 6.09. The quantitative estimate of drug-likeness (QED) is 0.909. The summed E-state index contributed by atoms with van der Waals surface area (Å²) in [6.45, 7) is 1.82. The largest absolute Gasteiger partial charge is 0.444 e. The number of sulfonamides is 1. The van der Waals surface area contributed by atoms with Gasteiger partial charge in [0.2, 0.25) is 15.9 Å². The number of aromatic nitrogens is 1. The molecule has 2 aromatic rings. The van der Waals surface area contributed by atoms with Crippen molar-refractivity contribution in [3.8, 4) is 6.07 Å². The Morgan fingerprint density at radius 1 is 1.48 bits per heavy atom. The molecular weight excluding hydrogens is 314 g/mol. The van der Waals surface area contributed by atoms with Gasteiger partial charge in [-0.1, -0.05) is 18.5 Å². The minimum Gasteiger partial charge on any atom is -0.444 e. The normalized spacial score (nSPS) is 11.3. The molecule has 0 bridgehead atoms. The Labute approximate surface area is 127 Å². The molecule has 0 saturated carbocycles.